The van der Waals surface area contributed by atoms with Gasteiger partial charge in [0, 0.05) is 31.3 Å². The minimum Gasteiger partial charge on any atom is -0.394 e. The van der Waals surface area contributed by atoms with Crippen molar-refractivity contribution in [2.75, 3.05) is 19.7 Å². The van der Waals surface area contributed by atoms with Gasteiger partial charge in [-0.3, -0.25) is 14.6 Å². The minimum atomic E-state index is -0.217. The third-order valence-electron chi connectivity index (χ3n) is 5.70. The summed E-state index contributed by atoms with van der Waals surface area (Å²) in [6.45, 7) is 2.39. The van der Waals surface area contributed by atoms with Crippen LogP contribution in [0.3, 0.4) is 0 Å². The summed E-state index contributed by atoms with van der Waals surface area (Å²) < 4.78 is 0. The largest absolute Gasteiger partial charge is 0.394 e. The van der Waals surface area contributed by atoms with E-state index in [1.54, 1.807) is 16.0 Å². The molecule has 2 aliphatic rings. The summed E-state index contributed by atoms with van der Waals surface area (Å²) in [7, 11) is 0. The van der Waals surface area contributed by atoms with Crippen molar-refractivity contribution < 1.29 is 14.7 Å². The molecule has 0 unspecified atom stereocenters. The van der Waals surface area contributed by atoms with Crippen molar-refractivity contribution in [2.24, 2.45) is 0 Å². The van der Waals surface area contributed by atoms with Gasteiger partial charge in [-0.25, -0.2) is 0 Å². The molecule has 2 aliphatic heterocycles. The molecule has 1 N–H and O–H groups in total. The number of carbonyl (C=O) groups excluding carboxylic acids is 2. The van der Waals surface area contributed by atoms with Crippen molar-refractivity contribution in [1.29, 1.82) is 0 Å². The van der Waals surface area contributed by atoms with Crippen LogP contribution < -0.4 is 0 Å². The van der Waals surface area contributed by atoms with Gasteiger partial charge in [0.05, 0.1) is 25.2 Å². The van der Waals surface area contributed by atoms with Crippen molar-refractivity contribution in [3.05, 3.63) is 54.4 Å². The quantitative estimate of drug-likeness (QED) is 0.894. The van der Waals surface area contributed by atoms with E-state index in [1.165, 1.54) is 0 Å². The van der Waals surface area contributed by atoms with Crippen LogP contribution in [-0.4, -0.2) is 63.5 Å². The Morgan fingerprint density at radius 3 is 2.63 bits per heavy atom. The fourth-order valence-electron chi connectivity index (χ4n) is 4.34. The lowest BCUT2D eigenvalue weighted by Crippen LogP contribution is -2.73. The molecular weight excluding hydrogens is 342 g/mol. The maximum atomic E-state index is 12.5. The Bertz CT molecular complexity index is 838. The first kappa shape index (κ1) is 17.7. The van der Waals surface area contributed by atoms with Gasteiger partial charge in [0.2, 0.25) is 11.8 Å². The number of nitrogens with zero attached hydrogens (tertiary/aromatic N) is 3. The van der Waals surface area contributed by atoms with Crippen LogP contribution >= 0.6 is 0 Å². The Hall–Kier alpha value is -2.73. The minimum absolute atomic E-state index is 0.00104. The van der Waals surface area contributed by atoms with Crippen molar-refractivity contribution in [3.8, 4) is 11.1 Å². The average Bonchev–Trinajstić information content (AvgIpc) is 2.70. The standard InChI is InChI=1S/C21H23N3O3/c1-2-19(26)23-11-17-21(18(13-25)24(17)20(27)12-23)15-7-5-14(6-8-15)16-4-3-9-22-10-16/h3-10,17-18,21,25H,2,11-13H2,1H3/t17-,18-,21-/m0/s1. The monoisotopic (exact) mass is 365 g/mol. The summed E-state index contributed by atoms with van der Waals surface area (Å²) in [5.41, 5.74) is 3.21. The molecule has 4 rings (SSSR count). The van der Waals surface area contributed by atoms with Gasteiger partial charge in [-0.2, -0.15) is 0 Å². The molecule has 0 bridgehead atoms. The van der Waals surface area contributed by atoms with Crippen LogP contribution in [0, 0.1) is 0 Å². The van der Waals surface area contributed by atoms with E-state index in [4.69, 9.17) is 0 Å². The summed E-state index contributed by atoms with van der Waals surface area (Å²) >= 11 is 0. The Balaban J connectivity index is 1.58. The molecular formula is C21H23N3O3. The number of aromatic nitrogens is 1. The SMILES string of the molecule is CCC(=O)N1CC(=O)N2[C@@H](CO)[C@@H](c3ccc(-c4cccnc4)cc3)[C@@H]2C1. The molecule has 6 nitrogen and oxygen atoms in total. The highest BCUT2D eigenvalue weighted by molar-refractivity contribution is 5.87. The molecule has 2 saturated heterocycles. The van der Waals surface area contributed by atoms with Crippen LogP contribution in [0.15, 0.2) is 48.8 Å². The predicted molar refractivity (Wildman–Crippen MR) is 101 cm³/mol. The lowest BCUT2D eigenvalue weighted by molar-refractivity contribution is -0.166. The molecule has 0 radical (unpaired) electrons. The first-order valence-corrected chi connectivity index (χ1v) is 9.34. The fraction of sp³-hybridized carbons (Fsp3) is 0.381. The van der Waals surface area contributed by atoms with Crippen LogP contribution in [0.2, 0.25) is 0 Å². The third kappa shape index (κ3) is 3.00. The molecule has 0 saturated carbocycles. The summed E-state index contributed by atoms with van der Waals surface area (Å²) in [5, 5.41) is 9.85. The molecule has 2 fully saturated rings. The number of piperazine rings is 1. The Labute approximate surface area is 158 Å². The zero-order valence-corrected chi connectivity index (χ0v) is 15.3. The molecule has 1 aromatic heterocycles. The summed E-state index contributed by atoms with van der Waals surface area (Å²) in [4.78, 5) is 32.1. The molecule has 140 valence electrons. The second-order valence-electron chi connectivity index (χ2n) is 7.14. The third-order valence-corrected chi connectivity index (χ3v) is 5.70. The van der Waals surface area contributed by atoms with Crippen LogP contribution in [0.25, 0.3) is 11.1 Å². The van der Waals surface area contributed by atoms with E-state index < -0.39 is 0 Å². The topological polar surface area (TPSA) is 73.7 Å². The molecule has 1 aromatic carbocycles. The Morgan fingerprint density at radius 2 is 2.00 bits per heavy atom. The zero-order valence-electron chi connectivity index (χ0n) is 15.3. The molecule has 0 spiro atoms. The number of amides is 2. The Kier molecular flexibility index (Phi) is 4.66. The highest BCUT2D eigenvalue weighted by Crippen LogP contribution is 2.43. The van der Waals surface area contributed by atoms with Gasteiger partial charge in [-0.1, -0.05) is 37.3 Å². The maximum absolute atomic E-state index is 12.5. The van der Waals surface area contributed by atoms with Gasteiger partial charge < -0.3 is 14.9 Å². The van der Waals surface area contributed by atoms with Gasteiger partial charge >= 0.3 is 0 Å². The highest BCUT2D eigenvalue weighted by atomic mass is 16.3. The van der Waals surface area contributed by atoms with Crippen LogP contribution in [-0.2, 0) is 9.59 Å². The molecule has 2 aromatic rings. The first-order valence-electron chi connectivity index (χ1n) is 9.34. The van der Waals surface area contributed by atoms with Crippen molar-refractivity contribution in [2.45, 2.75) is 31.3 Å². The van der Waals surface area contributed by atoms with E-state index >= 15 is 0 Å². The molecule has 2 amide bonds. The number of aliphatic hydroxyl groups excluding tert-OH is 1. The number of benzene rings is 1. The normalized spacial score (nSPS) is 24.4. The Morgan fingerprint density at radius 1 is 1.22 bits per heavy atom. The highest BCUT2D eigenvalue weighted by Gasteiger charge is 2.54. The maximum Gasteiger partial charge on any atom is 0.242 e. The van der Waals surface area contributed by atoms with E-state index in [1.807, 2.05) is 37.4 Å². The summed E-state index contributed by atoms with van der Waals surface area (Å²) in [6.07, 6.45) is 3.97. The number of aliphatic hydroxyl groups is 1. The molecule has 3 atom stereocenters. The summed E-state index contributed by atoms with van der Waals surface area (Å²) in [6, 6.07) is 11.8. The van der Waals surface area contributed by atoms with E-state index in [9.17, 15) is 14.7 Å². The number of fused-ring (bicyclic) bond motifs is 1. The predicted octanol–water partition coefficient (Wildman–Crippen LogP) is 1.66. The van der Waals surface area contributed by atoms with Crippen LogP contribution in [0.4, 0.5) is 0 Å². The number of hydrogen-bond donors (Lipinski definition) is 1. The van der Waals surface area contributed by atoms with Gasteiger partial charge in [-0.05, 0) is 22.8 Å². The summed E-state index contributed by atoms with van der Waals surface area (Å²) in [5.74, 6) is -0.0363. The van der Waals surface area contributed by atoms with E-state index in [0.29, 0.717) is 13.0 Å². The molecule has 3 heterocycles. The van der Waals surface area contributed by atoms with Crippen molar-refractivity contribution >= 4 is 11.8 Å². The number of rotatable bonds is 4. The van der Waals surface area contributed by atoms with E-state index in [-0.39, 0.29) is 43.0 Å². The first-order chi connectivity index (χ1) is 13.1. The second kappa shape index (κ2) is 7.12. The second-order valence-corrected chi connectivity index (χ2v) is 7.14. The number of carbonyl (C=O) groups is 2. The zero-order chi connectivity index (χ0) is 19.0. The lowest BCUT2D eigenvalue weighted by atomic mass is 9.73. The smallest absolute Gasteiger partial charge is 0.242 e. The van der Waals surface area contributed by atoms with Gasteiger partial charge in [0.1, 0.15) is 0 Å². The lowest BCUT2D eigenvalue weighted by Gasteiger charge is -2.58. The fourth-order valence-corrected chi connectivity index (χ4v) is 4.34. The van der Waals surface area contributed by atoms with Crippen LogP contribution in [0.5, 0.6) is 0 Å². The van der Waals surface area contributed by atoms with Gasteiger partial charge in [0.15, 0.2) is 0 Å². The van der Waals surface area contributed by atoms with Crippen molar-refractivity contribution in [1.82, 2.24) is 14.8 Å². The number of pyridine rings is 1. The molecule has 27 heavy (non-hydrogen) atoms. The van der Waals surface area contributed by atoms with Gasteiger partial charge in [0.25, 0.3) is 0 Å². The van der Waals surface area contributed by atoms with Crippen molar-refractivity contribution in [3.63, 3.8) is 0 Å². The molecule has 0 aliphatic carbocycles. The molecule has 6 heteroatoms. The van der Waals surface area contributed by atoms with Gasteiger partial charge in [-0.15, -0.1) is 0 Å². The number of hydrogen-bond acceptors (Lipinski definition) is 4. The van der Waals surface area contributed by atoms with E-state index in [0.717, 1.165) is 16.7 Å². The van der Waals surface area contributed by atoms with E-state index in [2.05, 4.69) is 17.1 Å². The average molecular weight is 365 g/mol. The van der Waals surface area contributed by atoms with Crippen LogP contribution in [0.1, 0.15) is 24.8 Å².